The van der Waals surface area contributed by atoms with Crippen LogP contribution in [0.25, 0.3) is 11.4 Å². The Bertz CT molecular complexity index is 881. The van der Waals surface area contributed by atoms with Crippen molar-refractivity contribution in [3.05, 3.63) is 72.4 Å². The molecular formula is C19H15N3O2. The summed E-state index contributed by atoms with van der Waals surface area (Å²) >= 11 is 0. The molecule has 0 bridgehead atoms. The number of nitrogens with zero attached hydrogens (tertiary/aromatic N) is 2. The molecule has 5 nitrogen and oxygen atoms in total. The highest BCUT2D eigenvalue weighted by Crippen LogP contribution is 2.34. The third-order valence-corrected chi connectivity index (χ3v) is 3.96. The van der Waals surface area contributed by atoms with Crippen LogP contribution in [0.3, 0.4) is 0 Å². The molecule has 1 N–H and O–H groups in total. The van der Waals surface area contributed by atoms with Gasteiger partial charge in [-0.2, -0.15) is 0 Å². The molecule has 1 atom stereocenters. The lowest BCUT2D eigenvalue weighted by atomic mass is 10.0. The minimum Gasteiger partial charge on any atom is -0.492 e. The topological polar surface area (TPSA) is 64.1 Å². The van der Waals surface area contributed by atoms with Gasteiger partial charge in [0.2, 0.25) is 5.91 Å². The maximum atomic E-state index is 12.6. The molecule has 118 valence electrons. The molecule has 1 aliphatic heterocycles. The Morgan fingerprint density at radius 3 is 2.71 bits per heavy atom. The van der Waals surface area contributed by atoms with E-state index in [4.69, 9.17) is 4.74 Å². The monoisotopic (exact) mass is 317 g/mol. The zero-order valence-corrected chi connectivity index (χ0v) is 12.8. The quantitative estimate of drug-likeness (QED) is 0.805. The molecule has 0 radical (unpaired) electrons. The fourth-order valence-electron chi connectivity index (χ4n) is 2.75. The standard InChI is InChI=1S/C19H15N3O2/c23-19(15-12-24-16-9-5-4-8-14(15)16)22-17-10-11-20-18(21-17)13-6-2-1-3-7-13/h1-11,15H,12H2,(H,20,21,22,23). The number of hydrogen-bond acceptors (Lipinski definition) is 4. The molecule has 1 amide bonds. The van der Waals surface area contributed by atoms with Gasteiger partial charge in [0, 0.05) is 17.3 Å². The number of para-hydroxylation sites is 1. The third-order valence-electron chi connectivity index (χ3n) is 3.96. The minimum absolute atomic E-state index is 0.127. The molecule has 2 heterocycles. The van der Waals surface area contributed by atoms with Crippen LogP contribution >= 0.6 is 0 Å². The molecule has 4 rings (SSSR count). The Kier molecular flexibility index (Phi) is 3.67. The predicted octanol–water partition coefficient (Wildman–Crippen LogP) is 3.26. The van der Waals surface area contributed by atoms with Crippen LogP contribution < -0.4 is 10.1 Å². The molecular weight excluding hydrogens is 302 g/mol. The maximum Gasteiger partial charge on any atom is 0.236 e. The van der Waals surface area contributed by atoms with Gasteiger partial charge in [-0.1, -0.05) is 48.5 Å². The van der Waals surface area contributed by atoms with Crippen LogP contribution in [0.4, 0.5) is 5.82 Å². The number of ether oxygens (including phenoxy) is 1. The van der Waals surface area contributed by atoms with E-state index in [1.165, 1.54) is 0 Å². The molecule has 1 aromatic heterocycles. The van der Waals surface area contributed by atoms with E-state index in [0.29, 0.717) is 18.2 Å². The second kappa shape index (κ2) is 6.12. The molecule has 2 aromatic carbocycles. The van der Waals surface area contributed by atoms with E-state index in [1.807, 2.05) is 54.6 Å². The molecule has 1 unspecified atom stereocenters. The summed E-state index contributed by atoms with van der Waals surface area (Å²) in [5.74, 6) is 1.38. The van der Waals surface area contributed by atoms with Gasteiger partial charge in [-0.3, -0.25) is 4.79 Å². The zero-order chi connectivity index (χ0) is 16.4. The Hall–Kier alpha value is -3.21. The Labute approximate surface area is 139 Å². The van der Waals surface area contributed by atoms with Gasteiger partial charge >= 0.3 is 0 Å². The number of carbonyl (C=O) groups is 1. The largest absolute Gasteiger partial charge is 0.492 e. The fraction of sp³-hybridized carbons (Fsp3) is 0.105. The van der Waals surface area contributed by atoms with Crippen LogP contribution in [0.2, 0.25) is 0 Å². The van der Waals surface area contributed by atoms with Crippen molar-refractivity contribution in [2.24, 2.45) is 0 Å². The summed E-state index contributed by atoms with van der Waals surface area (Å²) in [5.41, 5.74) is 1.82. The average Bonchev–Trinajstić information content (AvgIpc) is 3.07. The van der Waals surface area contributed by atoms with Gasteiger partial charge in [-0.05, 0) is 12.1 Å². The molecule has 3 aromatic rings. The average molecular weight is 317 g/mol. The summed E-state index contributed by atoms with van der Waals surface area (Å²) in [7, 11) is 0. The third kappa shape index (κ3) is 2.72. The summed E-state index contributed by atoms with van der Waals surface area (Å²) in [4.78, 5) is 21.3. The smallest absolute Gasteiger partial charge is 0.236 e. The number of carbonyl (C=O) groups excluding carboxylic acids is 1. The number of amides is 1. The fourth-order valence-corrected chi connectivity index (χ4v) is 2.75. The number of hydrogen-bond donors (Lipinski definition) is 1. The first-order chi connectivity index (χ1) is 11.8. The van der Waals surface area contributed by atoms with Crippen molar-refractivity contribution >= 4 is 11.7 Å². The van der Waals surface area contributed by atoms with Gasteiger partial charge in [0.15, 0.2) is 5.82 Å². The first kappa shape index (κ1) is 14.4. The van der Waals surface area contributed by atoms with Crippen LogP contribution in [0.15, 0.2) is 66.9 Å². The van der Waals surface area contributed by atoms with Crippen molar-refractivity contribution in [2.75, 3.05) is 11.9 Å². The van der Waals surface area contributed by atoms with Crippen LogP contribution in [0.1, 0.15) is 11.5 Å². The van der Waals surface area contributed by atoms with Crippen molar-refractivity contribution in [3.8, 4) is 17.1 Å². The van der Waals surface area contributed by atoms with E-state index < -0.39 is 0 Å². The van der Waals surface area contributed by atoms with Gasteiger partial charge in [0.25, 0.3) is 0 Å². The Morgan fingerprint density at radius 1 is 1.04 bits per heavy atom. The van der Waals surface area contributed by atoms with Gasteiger partial charge in [0.1, 0.15) is 24.1 Å². The Balaban J connectivity index is 1.55. The van der Waals surface area contributed by atoms with Crippen molar-refractivity contribution < 1.29 is 9.53 Å². The Morgan fingerprint density at radius 2 is 1.83 bits per heavy atom. The predicted molar refractivity (Wildman–Crippen MR) is 90.8 cm³/mol. The summed E-state index contributed by atoms with van der Waals surface area (Å²) in [6.07, 6.45) is 1.64. The highest BCUT2D eigenvalue weighted by Gasteiger charge is 2.30. The summed E-state index contributed by atoms with van der Waals surface area (Å²) in [6, 6.07) is 18.9. The first-order valence-corrected chi connectivity index (χ1v) is 7.72. The molecule has 0 aliphatic carbocycles. The summed E-state index contributed by atoms with van der Waals surface area (Å²) in [6.45, 7) is 0.349. The van der Waals surface area contributed by atoms with E-state index in [0.717, 1.165) is 16.9 Å². The number of aromatic nitrogens is 2. The molecule has 24 heavy (non-hydrogen) atoms. The van der Waals surface area contributed by atoms with E-state index in [9.17, 15) is 4.79 Å². The molecule has 5 heteroatoms. The molecule has 0 saturated heterocycles. The lowest BCUT2D eigenvalue weighted by Crippen LogP contribution is -2.22. The normalized spacial score (nSPS) is 15.4. The maximum absolute atomic E-state index is 12.6. The first-order valence-electron chi connectivity index (χ1n) is 7.72. The van der Waals surface area contributed by atoms with Crippen LogP contribution in [0, 0.1) is 0 Å². The van der Waals surface area contributed by atoms with E-state index >= 15 is 0 Å². The molecule has 0 saturated carbocycles. The minimum atomic E-state index is -0.323. The highest BCUT2D eigenvalue weighted by atomic mass is 16.5. The van der Waals surface area contributed by atoms with Gasteiger partial charge in [-0.15, -0.1) is 0 Å². The van der Waals surface area contributed by atoms with Gasteiger partial charge in [-0.25, -0.2) is 9.97 Å². The highest BCUT2D eigenvalue weighted by molar-refractivity contribution is 5.96. The van der Waals surface area contributed by atoms with Crippen LogP contribution in [-0.4, -0.2) is 22.5 Å². The van der Waals surface area contributed by atoms with E-state index in [-0.39, 0.29) is 11.8 Å². The van der Waals surface area contributed by atoms with Gasteiger partial charge in [0.05, 0.1) is 0 Å². The molecule has 0 fully saturated rings. The van der Waals surface area contributed by atoms with E-state index in [1.54, 1.807) is 12.3 Å². The number of fused-ring (bicyclic) bond motifs is 1. The lowest BCUT2D eigenvalue weighted by molar-refractivity contribution is -0.117. The lowest BCUT2D eigenvalue weighted by Gasteiger charge is -2.10. The SMILES string of the molecule is O=C(Nc1ccnc(-c2ccccc2)n1)C1COc2ccccc21. The number of anilines is 1. The number of benzene rings is 2. The second-order valence-corrected chi connectivity index (χ2v) is 5.52. The van der Waals surface area contributed by atoms with Gasteiger partial charge < -0.3 is 10.1 Å². The molecule has 0 spiro atoms. The van der Waals surface area contributed by atoms with Crippen molar-refractivity contribution in [3.63, 3.8) is 0 Å². The zero-order valence-electron chi connectivity index (χ0n) is 12.8. The van der Waals surface area contributed by atoms with E-state index in [2.05, 4.69) is 15.3 Å². The second-order valence-electron chi connectivity index (χ2n) is 5.52. The summed E-state index contributed by atoms with van der Waals surface area (Å²) < 4.78 is 5.57. The number of rotatable bonds is 3. The van der Waals surface area contributed by atoms with Crippen molar-refractivity contribution in [1.29, 1.82) is 0 Å². The van der Waals surface area contributed by atoms with Crippen molar-refractivity contribution in [2.45, 2.75) is 5.92 Å². The molecule has 1 aliphatic rings. The number of nitrogens with one attached hydrogen (secondary N) is 1. The van der Waals surface area contributed by atoms with Crippen LogP contribution in [-0.2, 0) is 4.79 Å². The van der Waals surface area contributed by atoms with Crippen LogP contribution in [0.5, 0.6) is 5.75 Å². The summed E-state index contributed by atoms with van der Waals surface area (Å²) in [5, 5.41) is 2.86. The van der Waals surface area contributed by atoms with Crippen molar-refractivity contribution in [1.82, 2.24) is 9.97 Å².